The Hall–Kier alpha value is -2.25. The van der Waals surface area contributed by atoms with Gasteiger partial charge in [-0.15, -0.1) is 11.3 Å². The first-order valence-corrected chi connectivity index (χ1v) is 8.08. The molecule has 0 unspecified atom stereocenters. The molecule has 22 heavy (non-hydrogen) atoms. The van der Waals surface area contributed by atoms with Crippen molar-refractivity contribution in [3.8, 4) is 22.2 Å². The Morgan fingerprint density at radius 2 is 2.09 bits per heavy atom. The van der Waals surface area contributed by atoms with Crippen LogP contribution in [0.25, 0.3) is 22.2 Å². The normalized spacial score (nSPS) is 15.2. The Kier molecular flexibility index (Phi) is 3.57. The Morgan fingerprint density at radius 1 is 1.18 bits per heavy atom. The van der Waals surface area contributed by atoms with Gasteiger partial charge in [0.2, 0.25) is 5.82 Å². The van der Waals surface area contributed by atoms with E-state index in [1.807, 2.05) is 29.6 Å². The van der Waals surface area contributed by atoms with Crippen LogP contribution in [0.2, 0.25) is 0 Å². The minimum absolute atomic E-state index is 0.519. The number of nitrogens with one attached hydrogen (secondary N) is 1. The van der Waals surface area contributed by atoms with Gasteiger partial charge >= 0.3 is 0 Å². The van der Waals surface area contributed by atoms with Crippen molar-refractivity contribution in [3.05, 3.63) is 35.8 Å². The maximum Gasteiger partial charge on any atom is 0.262 e. The molecule has 0 saturated carbocycles. The van der Waals surface area contributed by atoms with Crippen LogP contribution in [0.5, 0.6) is 0 Å². The van der Waals surface area contributed by atoms with Crippen LogP contribution in [0.1, 0.15) is 0 Å². The predicted molar refractivity (Wildman–Crippen MR) is 85.9 cm³/mol. The van der Waals surface area contributed by atoms with Gasteiger partial charge in [0.15, 0.2) is 0 Å². The molecule has 4 heterocycles. The molecular formula is C15H15N5OS. The number of hydrogen-bond donors (Lipinski definition) is 1. The van der Waals surface area contributed by atoms with Crippen molar-refractivity contribution in [3.63, 3.8) is 0 Å². The summed E-state index contributed by atoms with van der Waals surface area (Å²) in [5.41, 5.74) is 0.889. The van der Waals surface area contributed by atoms with Gasteiger partial charge in [0, 0.05) is 32.4 Å². The third-order valence-electron chi connectivity index (χ3n) is 3.60. The second-order valence-corrected chi connectivity index (χ2v) is 5.96. The zero-order valence-electron chi connectivity index (χ0n) is 11.9. The molecule has 1 N–H and O–H groups in total. The number of anilines is 1. The third kappa shape index (κ3) is 2.49. The zero-order valence-corrected chi connectivity index (χ0v) is 12.7. The van der Waals surface area contributed by atoms with E-state index in [0.29, 0.717) is 11.7 Å². The molecule has 0 radical (unpaired) electrons. The van der Waals surface area contributed by atoms with E-state index in [-0.39, 0.29) is 0 Å². The molecule has 4 rings (SSSR count). The van der Waals surface area contributed by atoms with Crippen LogP contribution in [0.4, 0.5) is 5.82 Å². The number of hydrogen-bond acceptors (Lipinski definition) is 7. The summed E-state index contributed by atoms with van der Waals surface area (Å²) in [6.45, 7) is 3.77. The fraction of sp³-hybridized carbons (Fsp3) is 0.267. The maximum atomic E-state index is 5.47. The number of aromatic nitrogens is 3. The molecule has 1 fully saturated rings. The molecule has 1 saturated heterocycles. The summed E-state index contributed by atoms with van der Waals surface area (Å²) >= 11 is 1.60. The fourth-order valence-corrected chi connectivity index (χ4v) is 3.18. The van der Waals surface area contributed by atoms with Crippen LogP contribution >= 0.6 is 11.3 Å². The molecule has 7 heteroatoms. The van der Waals surface area contributed by atoms with Crippen molar-refractivity contribution >= 4 is 17.2 Å². The number of piperazine rings is 1. The van der Waals surface area contributed by atoms with Crippen LogP contribution in [-0.2, 0) is 0 Å². The Bertz CT molecular complexity index is 749. The summed E-state index contributed by atoms with van der Waals surface area (Å²) < 4.78 is 5.47. The lowest BCUT2D eigenvalue weighted by molar-refractivity contribution is 0.432. The first-order chi connectivity index (χ1) is 10.9. The largest absolute Gasteiger partial charge is 0.353 e. The summed E-state index contributed by atoms with van der Waals surface area (Å²) in [7, 11) is 0. The van der Waals surface area contributed by atoms with Crippen LogP contribution in [0.3, 0.4) is 0 Å². The van der Waals surface area contributed by atoms with E-state index in [0.717, 1.165) is 42.4 Å². The number of nitrogens with zero attached hydrogens (tertiary/aromatic N) is 4. The van der Waals surface area contributed by atoms with Crippen molar-refractivity contribution in [2.45, 2.75) is 0 Å². The molecule has 1 aliphatic heterocycles. The van der Waals surface area contributed by atoms with Gasteiger partial charge in [-0.3, -0.25) is 0 Å². The lowest BCUT2D eigenvalue weighted by Crippen LogP contribution is -2.44. The van der Waals surface area contributed by atoms with Crippen LogP contribution in [0.15, 0.2) is 40.4 Å². The van der Waals surface area contributed by atoms with Gasteiger partial charge < -0.3 is 14.7 Å². The molecule has 6 nitrogen and oxygen atoms in total. The highest BCUT2D eigenvalue weighted by molar-refractivity contribution is 7.13. The molecular weight excluding hydrogens is 298 g/mol. The van der Waals surface area contributed by atoms with E-state index in [1.54, 1.807) is 17.5 Å². The van der Waals surface area contributed by atoms with Crippen molar-refractivity contribution < 1.29 is 4.52 Å². The minimum Gasteiger partial charge on any atom is -0.353 e. The van der Waals surface area contributed by atoms with Crippen LogP contribution in [0, 0.1) is 0 Å². The second kappa shape index (κ2) is 5.86. The lowest BCUT2D eigenvalue weighted by atomic mass is 10.2. The Balaban J connectivity index is 1.70. The first kappa shape index (κ1) is 13.4. The molecule has 1 aliphatic rings. The number of rotatable bonds is 3. The van der Waals surface area contributed by atoms with Gasteiger partial charge in [-0.2, -0.15) is 4.98 Å². The summed E-state index contributed by atoms with van der Waals surface area (Å²) in [5, 5.41) is 9.44. The predicted octanol–water partition coefficient (Wildman–Crippen LogP) is 2.27. The highest BCUT2D eigenvalue weighted by Gasteiger charge is 2.20. The minimum atomic E-state index is 0.519. The van der Waals surface area contributed by atoms with Gasteiger partial charge in [-0.25, -0.2) is 4.98 Å². The monoisotopic (exact) mass is 313 g/mol. The molecule has 0 aliphatic carbocycles. The zero-order chi connectivity index (χ0) is 14.8. The van der Waals surface area contributed by atoms with Crippen molar-refractivity contribution in [1.82, 2.24) is 20.4 Å². The van der Waals surface area contributed by atoms with Crippen LogP contribution in [-0.4, -0.2) is 41.3 Å². The molecule has 0 spiro atoms. The van der Waals surface area contributed by atoms with Gasteiger partial charge in [0.1, 0.15) is 5.82 Å². The molecule has 112 valence electrons. The summed E-state index contributed by atoms with van der Waals surface area (Å²) in [4.78, 5) is 12.3. The molecule has 0 atom stereocenters. The molecule has 3 aromatic rings. The van der Waals surface area contributed by atoms with Gasteiger partial charge in [0.25, 0.3) is 5.89 Å². The highest BCUT2D eigenvalue weighted by Crippen LogP contribution is 2.30. The molecule has 0 amide bonds. The number of pyridine rings is 1. The van der Waals surface area contributed by atoms with E-state index in [1.165, 1.54) is 0 Å². The molecule has 0 aromatic carbocycles. The average molecular weight is 313 g/mol. The highest BCUT2D eigenvalue weighted by atomic mass is 32.1. The van der Waals surface area contributed by atoms with Crippen molar-refractivity contribution in [1.29, 1.82) is 0 Å². The SMILES string of the molecule is c1csc(-c2noc(-c3cccnc3N3CCNCC3)n2)c1. The average Bonchev–Trinajstić information content (AvgIpc) is 3.27. The van der Waals surface area contributed by atoms with E-state index in [9.17, 15) is 0 Å². The van der Waals surface area contributed by atoms with Gasteiger partial charge in [-0.05, 0) is 23.6 Å². The summed E-state index contributed by atoms with van der Waals surface area (Å²) in [6.07, 6.45) is 1.80. The van der Waals surface area contributed by atoms with Crippen molar-refractivity contribution in [2.75, 3.05) is 31.1 Å². The third-order valence-corrected chi connectivity index (χ3v) is 4.47. The lowest BCUT2D eigenvalue weighted by Gasteiger charge is -2.29. The summed E-state index contributed by atoms with van der Waals surface area (Å²) in [5.74, 6) is 2.05. The first-order valence-electron chi connectivity index (χ1n) is 7.20. The molecule has 0 bridgehead atoms. The van der Waals surface area contributed by atoms with E-state index in [2.05, 4.69) is 25.3 Å². The van der Waals surface area contributed by atoms with E-state index < -0.39 is 0 Å². The van der Waals surface area contributed by atoms with E-state index >= 15 is 0 Å². The quantitative estimate of drug-likeness (QED) is 0.800. The Labute approximate surface area is 131 Å². The number of thiophene rings is 1. The standard InChI is InChI=1S/C15H15N5OS/c1-3-11(14(17-5-1)20-8-6-16-7-9-20)15-18-13(19-21-15)12-4-2-10-22-12/h1-5,10,16H,6-9H2. The van der Waals surface area contributed by atoms with E-state index in [4.69, 9.17) is 4.52 Å². The second-order valence-electron chi connectivity index (χ2n) is 5.01. The van der Waals surface area contributed by atoms with Crippen LogP contribution < -0.4 is 10.2 Å². The molecule has 3 aromatic heterocycles. The summed E-state index contributed by atoms with van der Waals surface area (Å²) in [6, 6.07) is 7.85. The fourth-order valence-electron chi connectivity index (χ4n) is 2.53. The smallest absolute Gasteiger partial charge is 0.262 e. The van der Waals surface area contributed by atoms with Gasteiger partial charge in [0.05, 0.1) is 10.4 Å². The Morgan fingerprint density at radius 3 is 2.91 bits per heavy atom. The van der Waals surface area contributed by atoms with Crippen molar-refractivity contribution in [2.24, 2.45) is 0 Å². The van der Waals surface area contributed by atoms with Gasteiger partial charge in [-0.1, -0.05) is 11.2 Å². The maximum absolute atomic E-state index is 5.47. The topological polar surface area (TPSA) is 67.1 Å².